The van der Waals surface area contributed by atoms with Crippen molar-refractivity contribution in [1.82, 2.24) is 5.32 Å². The van der Waals surface area contributed by atoms with Gasteiger partial charge in [0.25, 0.3) is 0 Å². The molecule has 2 unspecified atom stereocenters. The lowest BCUT2D eigenvalue weighted by Crippen LogP contribution is -2.46. The second-order valence-corrected chi connectivity index (χ2v) is 3.09. The van der Waals surface area contributed by atoms with Crippen LogP contribution in [0, 0.1) is 0 Å². The van der Waals surface area contributed by atoms with Gasteiger partial charge in [-0.2, -0.15) is 0 Å². The van der Waals surface area contributed by atoms with Crippen molar-refractivity contribution in [3.05, 3.63) is 0 Å². The van der Waals surface area contributed by atoms with Gasteiger partial charge in [0.1, 0.15) is 0 Å². The maximum atomic E-state index is 10.9. The van der Waals surface area contributed by atoms with Crippen LogP contribution < -0.4 is 11.1 Å². The number of carbonyl (C=O) groups is 1. The number of ether oxygens (including phenoxy) is 1. The van der Waals surface area contributed by atoms with Gasteiger partial charge in [-0.15, -0.1) is 0 Å². The second kappa shape index (κ2) is 6.86. The van der Waals surface area contributed by atoms with Gasteiger partial charge in [-0.1, -0.05) is 6.92 Å². The highest BCUT2D eigenvalue weighted by atomic mass is 16.5. The predicted molar refractivity (Wildman–Crippen MR) is 52.4 cm³/mol. The predicted octanol–water partition coefficient (Wildman–Crippen LogP) is 0.265. The highest BCUT2D eigenvalue weighted by Crippen LogP contribution is 1.93. The molecule has 78 valence electrons. The molecule has 0 saturated carbocycles. The maximum absolute atomic E-state index is 10.9. The first-order valence-electron chi connectivity index (χ1n) is 4.74. The van der Waals surface area contributed by atoms with Crippen molar-refractivity contribution < 1.29 is 9.53 Å². The van der Waals surface area contributed by atoms with Gasteiger partial charge >= 0.3 is 0 Å². The minimum Gasteiger partial charge on any atom is -0.380 e. The van der Waals surface area contributed by atoms with Crippen molar-refractivity contribution in [3.8, 4) is 0 Å². The summed E-state index contributed by atoms with van der Waals surface area (Å²) in [5.74, 6) is -0.300. The number of nitrogens with one attached hydrogen (secondary N) is 1. The van der Waals surface area contributed by atoms with Crippen molar-refractivity contribution in [2.24, 2.45) is 5.73 Å². The molecule has 1 amide bonds. The molecule has 0 heterocycles. The summed E-state index contributed by atoms with van der Waals surface area (Å²) in [4.78, 5) is 10.9. The van der Waals surface area contributed by atoms with E-state index < -0.39 is 0 Å². The Bertz CT molecular complexity index is 151. The molecule has 0 aromatic carbocycles. The SMILES string of the molecule is CCOCC(C)NC(CC)C(N)=O. The molecule has 0 aliphatic heterocycles. The van der Waals surface area contributed by atoms with E-state index in [1.165, 1.54) is 0 Å². The zero-order chi connectivity index (χ0) is 10.3. The Labute approximate surface area is 79.8 Å². The van der Waals surface area contributed by atoms with Crippen molar-refractivity contribution in [2.45, 2.75) is 39.3 Å². The van der Waals surface area contributed by atoms with Crippen LogP contribution in [0.3, 0.4) is 0 Å². The highest BCUT2D eigenvalue weighted by Gasteiger charge is 2.14. The topological polar surface area (TPSA) is 64.3 Å². The molecule has 13 heavy (non-hydrogen) atoms. The Morgan fingerprint density at radius 2 is 2.15 bits per heavy atom. The average Bonchev–Trinajstić information content (AvgIpc) is 2.10. The molecular weight excluding hydrogens is 168 g/mol. The van der Waals surface area contributed by atoms with Crippen molar-refractivity contribution in [1.29, 1.82) is 0 Å². The Morgan fingerprint density at radius 3 is 2.54 bits per heavy atom. The third kappa shape index (κ3) is 5.60. The fourth-order valence-electron chi connectivity index (χ4n) is 1.09. The fraction of sp³-hybridized carbons (Fsp3) is 0.889. The van der Waals surface area contributed by atoms with Gasteiger partial charge in [-0.25, -0.2) is 0 Å². The first-order valence-corrected chi connectivity index (χ1v) is 4.74. The van der Waals surface area contributed by atoms with Gasteiger partial charge in [0.15, 0.2) is 0 Å². The number of carbonyl (C=O) groups excluding carboxylic acids is 1. The summed E-state index contributed by atoms with van der Waals surface area (Å²) < 4.78 is 5.21. The molecule has 0 aromatic rings. The zero-order valence-electron chi connectivity index (χ0n) is 8.67. The van der Waals surface area contributed by atoms with E-state index in [0.717, 1.165) is 0 Å². The van der Waals surface area contributed by atoms with Crippen LogP contribution in [0.25, 0.3) is 0 Å². The van der Waals surface area contributed by atoms with E-state index >= 15 is 0 Å². The molecule has 0 bridgehead atoms. The molecule has 0 aliphatic carbocycles. The lowest BCUT2D eigenvalue weighted by molar-refractivity contribution is -0.120. The summed E-state index contributed by atoms with van der Waals surface area (Å²) in [6.07, 6.45) is 0.714. The molecular formula is C9H20N2O2. The minimum atomic E-state index is -0.300. The summed E-state index contributed by atoms with van der Waals surface area (Å²) in [7, 11) is 0. The quantitative estimate of drug-likeness (QED) is 0.602. The molecule has 0 saturated heterocycles. The lowest BCUT2D eigenvalue weighted by atomic mass is 10.2. The molecule has 0 spiro atoms. The first-order chi connectivity index (χ1) is 6.11. The number of nitrogens with two attached hydrogens (primary N) is 1. The van der Waals surface area contributed by atoms with Crippen LogP contribution in [0.2, 0.25) is 0 Å². The zero-order valence-corrected chi connectivity index (χ0v) is 8.67. The number of hydrogen-bond donors (Lipinski definition) is 2. The summed E-state index contributed by atoms with van der Waals surface area (Å²) >= 11 is 0. The van der Waals surface area contributed by atoms with Gasteiger partial charge in [0, 0.05) is 12.6 Å². The third-order valence-corrected chi connectivity index (χ3v) is 1.81. The van der Waals surface area contributed by atoms with Crippen molar-refractivity contribution in [3.63, 3.8) is 0 Å². The van der Waals surface area contributed by atoms with Crippen LogP contribution in [-0.2, 0) is 9.53 Å². The number of amides is 1. The average molecular weight is 188 g/mol. The molecule has 2 atom stereocenters. The normalized spacial score (nSPS) is 15.3. The summed E-state index contributed by atoms with van der Waals surface area (Å²) in [5, 5.41) is 3.10. The Kier molecular flexibility index (Phi) is 6.54. The van der Waals surface area contributed by atoms with Crippen LogP contribution in [-0.4, -0.2) is 31.2 Å². The second-order valence-electron chi connectivity index (χ2n) is 3.09. The van der Waals surface area contributed by atoms with E-state index in [0.29, 0.717) is 19.6 Å². The van der Waals surface area contributed by atoms with E-state index in [1.807, 2.05) is 20.8 Å². The molecule has 0 aromatic heterocycles. The van der Waals surface area contributed by atoms with Crippen molar-refractivity contribution in [2.75, 3.05) is 13.2 Å². The van der Waals surface area contributed by atoms with Crippen LogP contribution in [0.1, 0.15) is 27.2 Å². The van der Waals surface area contributed by atoms with Crippen LogP contribution in [0.4, 0.5) is 0 Å². The lowest BCUT2D eigenvalue weighted by Gasteiger charge is -2.19. The Hall–Kier alpha value is -0.610. The van der Waals surface area contributed by atoms with E-state index in [-0.39, 0.29) is 18.0 Å². The van der Waals surface area contributed by atoms with E-state index in [1.54, 1.807) is 0 Å². The van der Waals surface area contributed by atoms with Crippen LogP contribution in [0.5, 0.6) is 0 Å². The van der Waals surface area contributed by atoms with Gasteiger partial charge in [0.05, 0.1) is 12.6 Å². The van der Waals surface area contributed by atoms with Gasteiger partial charge in [0.2, 0.25) is 5.91 Å². The van der Waals surface area contributed by atoms with E-state index in [2.05, 4.69) is 5.32 Å². The van der Waals surface area contributed by atoms with E-state index in [4.69, 9.17) is 10.5 Å². The summed E-state index contributed by atoms with van der Waals surface area (Å²) in [6.45, 7) is 7.15. The summed E-state index contributed by atoms with van der Waals surface area (Å²) in [6, 6.07) is -0.0761. The van der Waals surface area contributed by atoms with Crippen LogP contribution >= 0.6 is 0 Å². The number of rotatable bonds is 7. The van der Waals surface area contributed by atoms with E-state index in [9.17, 15) is 4.79 Å². The van der Waals surface area contributed by atoms with Crippen molar-refractivity contribution >= 4 is 5.91 Å². The highest BCUT2D eigenvalue weighted by molar-refractivity contribution is 5.79. The van der Waals surface area contributed by atoms with Gasteiger partial charge in [-0.3, -0.25) is 4.79 Å². The van der Waals surface area contributed by atoms with Gasteiger partial charge in [-0.05, 0) is 20.3 Å². The third-order valence-electron chi connectivity index (χ3n) is 1.81. The summed E-state index contributed by atoms with van der Waals surface area (Å²) in [5.41, 5.74) is 5.18. The Morgan fingerprint density at radius 1 is 1.54 bits per heavy atom. The Balaban J connectivity index is 3.73. The van der Waals surface area contributed by atoms with Gasteiger partial charge < -0.3 is 15.8 Å². The monoisotopic (exact) mass is 188 g/mol. The smallest absolute Gasteiger partial charge is 0.234 e. The molecule has 0 rings (SSSR count). The maximum Gasteiger partial charge on any atom is 0.234 e. The molecule has 0 radical (unpaired) electrons. The number of hydrogen-bond acceptors (Lipinski definition) is 3. The first kappa shape index (κ1) is 12.4. The number of primary amides is 1. The van der Waals surface area contributed by atoms with Crippen LogP contribution in [0.15, 0.2) is 0 Å². The molecule has 0 fully saturated rings. The molecule has 4 nitrogen and oxygen atoms in total. The fourth-order valence-corrected chi connectivity index (χ4v) is 1.09. The molecule has 4 heteroatoms. The molecule has 0 aliphatic rings. The largest absolute Gasteiger partial charge is 0.380 e. The molecule has 3 N–H and O–H groups in total. The standard InChI is InChI=1S/C9H20N2O2/c1-4-8(9(10)12)11-7(3)6-13-5-2/h7-8,11H,4-6H2,1-3H3,(H2,10,12). The minimum absolute atomic E-state index is 0.164.